The van der Waals surface area contributed by atoms with Crippen LogP contribution in [-0.4, -0.2) is 82.2 Å². The summed E-state index contributed by atoms with van der Waals surface area (Å²) in [4.78, 5) is 27.9. The summed E-state index contributed by atoms with van der Waals surface area (Å²) in [5.41, 5.74) is -0.151. The number of carbonyl (C=O) groups is 1. The second-order valence-electron chi connectivity index (χ2n) is 12.0. The summed E-state index contributed by atoms with van der Waals surface area (Å²) < 4.78 is 38.8. The van der Waals surface area contributed by atoms with Crippen molar-refractivity contribution in [1.29, 1.82) is 5.26 Å². The molecule has 2 unspecified atom stereocenters. The van der Waals surface area contributed by atoms with E-state index in [0.717, 1.165) is 32.2 Å². The summed E-state index contributed by atoms with van der Waals surface area (Å²) in [6.45, 7) is 2.11. The van der Waals surface area contributed by atoms with Gasteiger partial charge in [0.2, 0.25) is 5.91 Å². The van der Waals surface area contributed by atoms with E-state index in [0.29, 0.717) is 36.3 Å². The second-order valence-corrected chi connectivity index (χ2v) is 12.0. The molecule has 4 aromatic rings. The van der Waals surface area contributed by atoms with E-state index in [2.05, 4.69) is 9.88 Å². The molecule has 3 aliphatic heterocycles. The van der Waals surface area contributed by atoms with Crippen molar-refractivity contribution in [2.24, 2.45) is 0 Å². The first-order valence-electron chi connectivity index (χ1n) is 15.0. The number of likely N-dealkylation sites (N-methyl/N-ethyl adjacent to an activating group) is 1. The van der Waals surface area contributed by atoms with Crippen LogP contribution in [0.25, 0.3) is 32.8 Å². The predicted octanol–water partition coefficient (Wildman–Crippen LogP) is 5.00. The predicted molar refractivity (Wildman–Crippen MR) is 161 cm³/mol. The summed E-state index contributed by atoms with van der Waals surface area (Å²) in [6.07, 6.45) is 3.39. The number of amides is 1. The van der Waals surface area contributed by atoms with E-state index in [1.54, 1.807) is 35.2 Å². The largest absolute Gasteiger partial charge is 0.508 e. The molecule has 3 fully saturated rings. The molecule has 9 nitrogen and oxygen atoms in total. The number of halogens is 2. The fraction of sp³-hybridized carbons (Fsp3) is 0.394. The van der Waals surface area contributed by atoms with Gasteiger partial charge in [-0.1, -0.05) is 24.3 Å². The van der Waals surface area contributed by atoms with E-state index in [-0.39, 0.29) is 64.2 Å². The number of hydrogen-bond donors (Lipinski definition) is 1. The average molecular weight is 599 g/mol. The molecule has 7 rings (SSSR count). The molecule has 226 valence electrons. The maximum Gasteiger partial charge on any atom is 0.319 e. The molecule has 0 spiro atoms. The van der Waals surface area contributed by atoms with Crippen LogP contribution in [0.3, 0.4) is 0 Å². The molecule has 3 aliphatic rings. The van der Waals surface area contributed by atoms with Crippen LogP contribution >= 0.6 is 0 Å². The van der Waals surface area contributed by atoms with Gasteiger partial charge in [-0.25, -0.2) is 8.78 Å². The molecule has 11 heteroatoms. The van der Waals surface area contributed by atoms with Crippen molar-refractivity contribution in [1.82, 2.24) is 19.8 Å². The van der Waals surface area contributed by atoms with Crippen molar-refractivity contribution in [3.63, 3.8) is 0 Å². The van der Waals surface area contributed by atoms with Gasteiger partial charge in [0.15, 0.2) is 5.82 Å². The summed E-state index contributed by atoms with van der Waals surface area (Å²) in [7, 11) is 2.03. The second kappa shape index (κ2) is 11.2. The minimum atomic E-state index is -0.868. The summed E-state index contributed by atoms with van der Waals surface area (Å²) >= 11 is 0. The molecule has 0 radical (unpaired) electrons. The Labute approximate surface area is 253 Å². The number of piperazine rings is 1. The van der Waals surface area contributed by atoms with Gasteiger partial charge in [-0.15, -0.1) is 0 Å². The first-order valence-corrected chi connectivity index (χ1v) is 15.0. The summed E-state index contributed by atoms with van der Waals surface area (Å²) in [5, 5.41) is 21.0. The van der Waals surface area contributed by atoms with Crippen LogP contribution in [0.15, 0.2) is 42.5 Å². The SMILES string of the molecule is CN1CCC[C@H]1COc1nc(N2CC3CCC(C2)N3C(=O)CC#N)c2cc(F)c(-c3cc(O)cc4ccccc34)c(F)c2n1. The quantitative estimate of drug-likeness (QED) is 0.331. The highest BCUT2D eigenvalue weighted by atomic mass is 19.1. The maximum atomic E-state index is 16.6. The highest BCUT2D eigenvalue weighted by Gasteiger charge is 2.43. The number of aromatic nitrogens is 2. The van der Waals surface area contributed by atoms with Crippen LogP contribution in [0.4, 0.5) is 14.6 Å². The normalized spacial score (nSPS) is 21.7. The number of likely N-dealkylation sites (tertiary alicyclic amines) is 1. The summed E-state index contributed by atoms with van der Waals surface area (Å²) in [6, 6.07) is 13.1. The third kappa shape index (κ3) is 4.83. The van der Waals surface area contributed by atoms with E-state index in [1.807, 2.05) is 18.0 Å². The van der Waals surface area contributed by atoms with Crippen molar-refractivity contribution in [2.75, 3.05) is 38.2 Å². The Morgan fingerprint density at radius 3 is 2.59 bits per heavy atom. The number of carbonyl (C=O) groups excluding carboxylic acids is 1. The Morgan fingerprint density at radius 2 is 1.86 bits per heavy atom. The first kappa shape index (κ1) is 28.2. The Balaban J connectivity index is 1.35. The number of anilines is 1. The Kier molecular flexibility index (Phi) is 7.17. The molecule has 4 heterocycles. The third-order valence-electron chi connectivity index (χ3n) is 9.33. The van der Waals surface area contributed by atoms with Crippen LogP contribution < -0.4 is 9.64 Å². The van der Waals surface area contributed by atoms with Gasteiger partial charge in [0.1, 0.15) is 35.9 Å². The number of benzene rings is 3. The number of hydrogen-bond acceptors (Lipinski definition) is 8. The number of phenols is 1. The van der Waals surface area contributed by atoms with Crippen molar-refractivity contribution < 1.29 is 23.4 Å². The van der Waals surface area contributed by atoms with Gasteiger partial charge in [0.25, 0.3) is 0 Å². The average Bonchev–Trinajstić information content (AvgIpc) is 3.54. The van der Waals surface area contributed by atoms with Crippen LogP contribution in [0, 0.1) is 23.0 Å². The summed E-state index contributed by atoms with van der Waals surface area (Å²) in [5.74, 6) is -1.63. The molecule has 44 heavy (non-hydrogen) atoms. The molecule has 3 saturated heterocycles. The smallest absolute Gasteiger partial charge is 0.319 e. The molecule has 3 aromatic carbocycles. The topological polar surface area (TPSA) is 106 Å². The standard InChI is InChI=1S/C33H32F2N6O3/c1-39-12-4-6-22(39)18-44-33-37-31-26(32(38-33)40-16-20-8-9-21(17-40)41(20)28(43)10-11-36)15-27(34)29(30(31)35)25-14-23(42)13-19-5-2-3-7-24(19)25/h2-3,5,7,13-15,20-22,42H,4,6,8-10,12,16-18H2,1H3/t20?,21?,22-/m0/s1. The zero-order valence-electron chi connectivity index (χ0n) is 24.3. The van der Waals surface area contributed by atoms with Crippen LogP contribution in [-0.2, 0) is 4.79 Å². The lowest BCUT2D eigenvalue weighted by molar-refractivity contribution is -0.133. The zero-order chi connectivity index (χ0) is 30.5. The van der Waals surface area contributed by atoms with E-state index in [9.17, 15) is 9.90 Å². The molecule has 1 aromatic heterocycles. The monoisotopic (exact) mass is 598 g/mol. The molecule has 0 saturated carbocycles. The molecule has 0 aliphatic carbocycles. The van der Waals surface area contributed by atoms with Crippen molar-refractivity contribution >= 4 is 33.4 Å². The fourth-order valence-corrected chi connectivity index (χ4v) is 7.22. The molecule has 2 bridgehead atoms. The van der Waals surface area contributed by atoms with Crippen LogP contribution in [0.5, 0.6) is 11.8 Å². The third-order valence-corrected chi connectivity index (χ3v) is 9.33. The van der Waals surface area contributed by atoms with Crippen LogP contribution in [0.1, 0.15) is 32.1 Å². The lowest BCUT2D eigenvalue weighted by Gasteiger charge is -2.41. The van der Waals surface area contributed by atoms with Gasteiger partial charge in [0.05, 0.1) is 11.6 Å². The van der Waals surface area contributed by atoms with Crippen molar-refractivity contribution in [3.05, 3.63) is 54.1 Å². The lowest BCUT2D eigenvalue weighted by atomic mass is 9.95. The van der Waals surface area contributed by atoms with Gasteiger partial charge in [-0.3, -0.25) is 4.79 Å². The van der Waals surface area contributed by atoms with E-state index in [4.69, 9.17) is 15.0 Å². The molecule has 1 amide bonds. The number of nitriles is 1. The number of fused-ring (bicyclic) bond motifs is 4. The molecular weight excluding hydrogens is 566 g/mol. The number of ether oxygens (including phenoxy) is 1. The first-order chi connectivity index (χ1) is 21.3. The maximum absolute atomic E-state index is 16.6. The fourth-order valence-electron chi connectivity index (χ4n) is 7.22. The number of phenolic OH excluding ortho intramolecular Hbond substituents is 1. The zero-order valence-corrected chi connectivity index (χ0v) is 24.3. The van der Waals surface area contributed by atoms with Crippen LogP contribution in [0.2, 0.25) is 0 Å². The molecular formula is C33H32F2N6O3. The van der Waals surface area contributed by atoms with Gasteiger partial charge >= 0.3 is 6.01 Å². The highest BCUT2D eigenvalue weighted by Crippen LogP contribution is 2.41. The van der Waals surface area contributed by atoms with Gasteiger partial charge in [-0.05, 0) is 73.8 Å². The minimum Gasteiger partial charge on any atom is -0.508 e. The van der Waals surface area contributed by atoms with E-state index >= 15 is 8.78 Å². The van der Waals surface area contributed by atoms with Gasteiger partial charge in [-0.2, -0.15) is 15.2 Å². The lowest BCUT2D eigenvalue weighted by Crippen LogP contribution is -2.56. The van der Waals surface area contributed by atoms with Gasteiger partial charge in [0, 0.05) is 36.6 Å². The number of nitrogens with zero attached hydrogens (tertiary/aromatic N) is 6. The minimum absolute atomic E-state index is 0.000332. The number of rotatable bonds is 6. The Bertz CT molecular complexity index is 1810. The van der Waals surface area contributed by atoms with Gasteiger partial charge < -0.3 is 24.5 Å². The number of aromatic hydroxyl groups is 1. The molecule has 1 N–H and O–H groups in total. The Hall–Kier alpha value is -4.56. The van der Waals surface area contributed by atoms with Crippen molar-refractivity contribution in [2.45, 2.75) is 50.2 Å². The van der Waals surface area contributed by atoms with E-state index in [1.165, 1.54) is 12.1 Å². The Morgan fingerprint density at radius 1 is 1.09 bits per heavy atom. The highest BCUT2D eigenvalue weighted by molar-refractivity contribution is 6.01. The van der Waals surface area contributed by atoms with E-state index < -0.39 is 11.6 Å². The molecule has 3 atom stereocenters. The van der Waals surface area contributed by atoms with Crippen molar-refractivity contribution in [3.8, 4) is 29.0 Å².